The van der Waals surface area contributed by atoms with E-state index in [1.165, 1.54) is 16.7 Å². The van der Waals surface area contributed by atoms with Crippen molar-refractivity contribution in [2.75, 3.05) is 66.4 Å². The average Bonchev–Trinajstić information content (AvgIpc) is 3.05. The van der Waals surface area contributed by atoms with Gasteiger partial charge >= 0.3 is 0 Å². The summed E-state index contributed by atoms with van der Waals surface area (Å²) in [6.07, 6.45) is 7.37. The van der Waals surface area contributed by atoms with E-state index in [1.807, 2.05) is 17.0 Å². The number of rotatable bonds is 13. The first-order chi connectivity index (χ1) is 21.1. The summed E-state index contributed by atoms with van der Waals surface area (Å²) in [5.41, 5.74) is 10.4. The second kappa shape index (κ2) is 14.9. The largest absolute Gasteiger partial charge is 0.370 e. The third-order valence-corrected chi connectivity index (χ3v) is 8.47. The number of anilines is 4. The third-order valence-electron chi connectivity index (χ3n) is 8.47. The standard InChI is InChI=1S/C34H45N7O2/c1-2-3-9-33(43)41-17-15-40(16-18-41)32-24-30(38-35)23-31(25-32)39(19-20-42)14-12-26-6-4-7-27(21-26)22-29-11-10-28-8-5-13-36-34(28)37-29/h4,6-7,10-11,20-21,23-25,38H,2-3,5,8-9,12-19,22,35H2,1H3,(H,36,37). The van der Waals surface area contributed by atoms with Gasteiger partial charge in [0.1, 0.15) is 12.1 Å². The lowest BCUT2D eigenvalue weighted by atomic mass is 10.0. The molecule has 1 saturated heterocycles. The van der Waals surface area contributed by atoms with Crippen molar-refractivity contribution in [3.63, 3.8) is 0 Å². The Morgan fingerprint density at radius 3 is 2.72 bits per heavy atom. The molecule has 4 N–H and O–H groups in total. The number of hydrogen-bond donors (Lipinski definition) is 3. The van der Waals surface area contributed by atoms with Gasteiger partial charge in [0.05, 0.1) is 12.2 Å². The Labute approximate surface area is 255 Å². The van der Waals surface area contributed by atoms with Gasteiger partial charge in [0.2, 0.25) is 5.91 Å². The third kappa shape index (κ3) is 8.04. The number of piperazine rings is 1. The number of hydrazine groups is 1. The number of carbonyl (C=O) groups excluding carboxylic acids is 2. The smallest absolute Gasteiger partial charge is 0.222 e. The summed E-state index contributed by atoms with van der Waals surface area (Å²) in [6, 6.07) is 19.2. The minimum Gasteiger partial charge on any atom is -0.370 e. The zero-order valence-corrected chi connectivity index (χ0v) is 25.4. The van der Waals surface area contributed by atoms with Crippen molar-refractivity contribution in [1.29, 1.82) is 0 Å². The number of aromatic nitrogens is 1. The highest BCUT2D eigenvalue weighted by Gasteiger charge is 2.22. The summed E-state index contributed by atoms with van der Waals surface area (Å²) in [6.45, 7) is 7.03. The van der Waals surface area contributed by atoms with E-state index in [2.05, 4.69) is 69.9 Å². The minimum atomic E-state index is 0.247. The van der Waals surface area contributed by atoms with Crippen molar-refractivity contribution in [2.45, 2.75) is 51.9 Å². The molecule has 3 aromatic rings. The normalized spacial score (nSPS) is 14.6. The van der Waals surface area contributed by atoms with Gasteiger partial charge < -0.3 is 30.2 Å². The van der Waals surface area contributed by atoms with E-state index in [4.69, 9.17) is 10.8 Å². The predicted octanol–water partition coefficient (Wildman–Crippen LogP) is 4.40. The highest BCUT2D eigenvalue weighted by Crippen LogP contribution is 2.29. The quantitative estimate of drug-likeness (QED) is 0.154. The van der Waals surface area contributed by atoms with E-state index < -0.39 is 0 Å². The monoisotopic (exact) mass is 583 g/mol. The topological polar surface area (TPSA) is 107 Å². The molecule has 0 atom stereocenters. The molecule has 1 fully saturated rings. The zero-order valence-electron chi connectivity index (χ0n) is 25.4. The maximum Gasteiger partial charge on any atom is 0.222 e. The van der Waals surface area contributed by atoms with Crippen molar-refractivity contribution in [2.24, 2.45) is 5.84 Å². The number of aryl methyl sites for hydroxylation is 1. The van der Waals surface area contributed by atoms with Gasteiger partial charge in [-0.05, 0) is 66.6 Å². The molecule has 228 valence electrons. The molecule has 43 heavy (non-hydrogen) atoms. The molecule has 3 heterocycles. The Morgan fingerprint density at radius 1 is 1.09 bits per heavy atom. The highest BCUT2D eigenvalue weighted by molar-refractivity contribution is 5.77. The summed E-state index contributed by atoms with van der Waals surface area (Å²) in [5.74, 6) is 7.14. The maximum atomic E-state index is 12.5. The van der Waals surface area contributed by atoms with E-state index in [-0.39, 0.29) is 5.91 Å². The molecule has 0 aliphatic carbocycles. The molecule has 1 amide bonds. The minimum absolute atomic E-state index is 0.247. The van der Waals surface area contributed by atoms with Crippen LogP contribution >= 0.6 is 0 Å². The number of hydrogen-bond acceptors (Lipinski definition) is 8. The first kappa shape index (κ1) is 30.4. The first-order valence-corrected chi connectivity index (χ1v) is 15.7. The predicted molar refractivity (Wildman–Crippen MR) is 175 cm³/mol. The van der Waals surface area contributed by atoms with Crippen molar-refractivity contribution < 1.29 is 9.59 Å². The van der Waals surface area contributed by atoms with Crippen LogP contribution in [0.3, 0.4) is 0 Å². The van der Waals surface area contributed by atoms with Gasteiger partial charge in [0.15, 0.2) is 0 Å². The van der Waals surface area contributed by atoms with Gasteiger partial charge in [-0.15, -0.1) is 0 Å². The number of pyridine rings is 1. The van der Waals surface area contributed by atoms with Crippen LogP contribution in [0.2, 0.25) is 0 Å². The van der Waals surface area contributed by atoms with Crippen LogP contribution in [0.4, 0.5) is 22.9 Å². The van der Waals surface area contributed by atoms with Gasteiger partial charge in [-0.25, -0.2) is 4.98 Å². The zero-order chi connectivity index (χ0) is 30.0. The molecule has 5 rings (SSSR count). The van der Waals surface area contributed by atoms with Gasteiger partial charge in [0.25, 0.3) is 0 Å². The average molecular weight is 584 g/mol. The van der Waals surface area contributed by atoms with Crippen LogP contribution in [-0.4, -0.2) is 67.9 Å². The van der Waals surface area contributed by atoms with Gasteiger partial charge in [-0.2, -0.15) is 0 Å². The number of nitrogens with two attached hydrogens (primary N) is 1. The maximum absolute atomic E-state index is 12.5. The number of aldehydes is 1. The molecule has 2 aliphatic heterocycles. The van der Waals surface area contributed by atoms with Crippen molar-refractivity contribution in [3.05, 3.63) is 77.0 Å². The van der Waals surface area contributed by atoms with Crippen molar-refractivity contribution >= 4 is 35.1 Å². The fraction of sp³-hybridized carbons (Fsp3) is 0.441. The van der Waals surface area contributed by atoms with Gasteiger partial charge in [0, 0.05) is 69.2 Å². The number of benzene rings is 2. The fourth-order valence-corrected chi connectivity index (χ4v) is 6.00. The number of nitrogens with zero attached hydrogens (tertiary/aromatic N) is 4. The molecule has 2 aromatic carbocycles. The summed E-state index contributed by atoms with van der Waals surface area (Å²) in [5, 5.41) is 3.43. The number of nitrogens with one attached hydrogen (secondary N) is 2. The van der Waals surface area contributed by atoms with Gasteiger partial charge in [-0.3, -0.25) is 10.6 Å². The van der Waals surface area contributed by atoms with Crippen LogP contribution in [0.5, 0.6) is 0 Å². The van der Waals surface area contributed by atoms with E-state index >= 15 is 0 Å². The lowest BCUT2D eigenvalue weighted by molar-refractivity contribution is -0.131. The molecule has 9 nitrogen and oxygen atoms in total. The molecule has 0 unspecified atom stereocenters. The second-order valence-corrected chi connectivity index (χ2v) is 11.6. The Hall–Kier alpha value is -4.11. The van der Waals surface area contributed by atoms with E-state index in [1.54, 1.807) is 0 Å². The Kier molecular flexibility index (Phi) is 10.5. The summed E-state index contributed by atoms with van der Waals surface area (Å²) in [4.78, 5) is 35.5. The van der Waals surface area contributed by atoms with Crippen LogP contribution in [0.25, 0.3) is 0 Å². The van der Waals surface area contributed by atoms with E-state index in [0.29, 0.717) is 32.6 Å². The number of fused-ring (bicyclic) bond motifs is 1. The number of amides is 1. The molecule has 0 spiro atoms. The van der Waals surface area contributed by atoms with Crippen LogP contribution in [0, 0.1) is 0 Å². The van der Waals surface area contributed by atoms with Gasteiger partial charge in [-0.1, -0.05) is 43.7 Å². The second-order valence-electron chi connectivity index (χ2n) is 11.6. The number of nitrogen functional groups attached to an aromatic ring is 1. The molecule has 0 saturated carbocycles. The lowest BCUT2D eigenvalue weighted by Crippen LogP contribution is -2.48. The Morgan fingerprint density at radius 2 is 1.93 bits per heavy atom. The van der Waals surface area contributed by atoms with E-state index in [0.717, 1.165) is 93.0 Å². The SMILES string of the molecule is CCCCC(=O)N1CCN(c2cc(NN)cc(N(CC=O)CCc3cccc(Cc4ccc5c(n4)NCCC5)c3)c2)CC1. The molecule has 0 radical (unpaired) electrons. The Balaban J connectivity index is 1.24. The molecule has 9 heteroatoms. The summed E-state index contributed by atoms with van der Waals surface area (Å²) < 4.78 is 0. The molecule has 2 aliphatic rings. The Bertz CT molecular complexity index is 1390. The van der Waals surface area contributed by atoms with Crippen molar-refractivity contribution in [3.8, 4) is 0 Å². The lowest BCUT2D eigenvalue weighted by Gasteiger charge is -2.37. The van der Waals surface area contributed by atoms with Crippen LogP contribution in [0.1, 0.15) is 55.0 Å². The summed E-state index contributed by atoms with van der Waals surface area (Å²) in [7, 11) is 0. The molecule has 1 aromatic heterocycles. The molecular weight excluding hydrogens is 538 g/mol. The summed E-state index contributed by atoms with van der Waals surface area (Å²) >= 11 is 0. The van der Waals surface area contributed by atoms with Crippen LogP contribution in [0.15, 0.2) is 54.6 Å². The van der Waals surface area contributed by atoms with Crippen LogP contribution in [-0.2, 0) is 28.9 Å². The number of carbonyl (C=O) groups is 2. The van der Waals surface area contributed by atoms with E-state index in [9.17, 15) is 9.59 Å². The highest BCUT2D eigenvalue weighted by atomic mass is 16.2. The first-order valence-electron chi connectivity index (χ1n) is 15.7. The molecule has 0 bridgehead atoms. The molecular formula is C34H45N7O2. The fourth-order valence-electron chi connectivity index (χ4n) is 6.00. The van der Waals surface area contributed by atoms with Crippen LogP contribution < -0.4 is 26.4 Å². The number of unbranched alkanes of at least 4 members (excludes halogenated alkanes) is 1. The van der Waals surface area contributed by atoms with Crippen molar-refractivity contribution in [1.82, 2.24) is 9.88 Å².